The molecule has 0 fully saturated rings. The Morgan fingerprint density at radius 2 is 1.88 bits per heavy atom. The number of hydrogen-bond donors (Lipinski definition) is 5. The van der Waals surface area contributed by atoms with E-state index in [-0.39, 0.29) is 13.2 Å². The van der Waals surface area contributed by atoms with Gasteiger partial charge in [0, 0.05) is 12.2 Å². The summed E-state index contributed by atoms with van der Waals surface area (Å²) in [6.07, 6.45) is 6.74. The summed E-state index contributed by atoms with van der Waals surface area (Å²) >= 11 is 0. The van der Waals surface area contributed by atoms with Gasteiger partial charge in [-0.15, -0.1) is 0 Å². The van der Waals surface area contributed by atoms with E-state index in [9.17, 15) is 15.0 Å². The van der Waals surface area contributed by atoms with Crippen LogP contribution >= 0.6 is 0 Å². The Balaban J connectivity index is 1.91. The molecule has 0 bridgehead atoms. The van der Waals surface area contributed by atoms with Crippen LogP contribution < -0.4 is 16.8 Å². The van der Waals surface area contributed by atoms with Crippen molar-refractivity contribution in [3.8, 4) is 0 Å². The standard InChI is InChI=1S/C22H27N7O3/c1-15-2-4-16(5-3-15)14-29-21(23)20(13-25-29)26-18-7-6-17(12-19(18)27-22(24)32)28(8-10-30)9-11-31/h2-7,12-13,30-31H,8-11,14H2,1H3,(H4,23,24,25,27,32)/p+1. The average molecular weight is 439 g/mol. The SMILES string of the molecule is Cc1ccc(Cn2ncc(/N=C3/C=CC(=[N+](CCO)CCO)C=C3NC(N)=O)c2N)cc1. The van der Waals surface area contributed by atoms with Crippen molar-refractivity contribution in [3.05, 3.63) is 65.5 Å². The summed E-state index contributed by atoms with van der Waals surface area (Å²) in [6, 6.07) is 7.36. The maximum absolute atomic E-state index is 11.5. The minimum absolute atomic E-state index is 0.0819. The number of aliphatic hydroxyl groups excluding tert-OH is 2. The molecular formula is C22H28N7O3+. The second kappa shape index (κ2) is 10.5. The Kier molecular flexibility index (Phi) is 7.53. The molecule has 168 valence electrons. The number of aryl methyl sites for hydroxylation is 1. The molecule has 1 aromatic carbocycles. The second-order valence-corrected chi connectivity index (χ2v) is 7.30. The van der Waals surface area contributed by atoms with E-state index < -0.39 is 6.03 Å². The molecule has 0 saturated carbocycles. The van der Waals surface area contributed by atoms with Crippen LogP contribution in [0.5, 0.6) is 0 Å². The summed E-state index contributed by atoms with van der Waals surface area (Å²) < 4.78 is 3.44. The van der Waals surface area contributed by atoms with E-state index >= 15 is 0 Å². The molecule has 32 heavy (non-hydrogen) atoms. The number of benzene rings is 1. The lowest BCUT2D eigenvalue weighted by molar-refractivity contribution is -0.530. The van der Waals surface area contributed by atoms with Crippen LogP contribution in [0.25, 0.3) is 0 Å². The highest BCUT2D eigenvalue weighted by Crippen LogP contribution is 2.24. The molecular weight excluding hydrogens is 410 g/mol. The molecule has 1 aliphatic carbocycles. The molecule has 10 heteroatoms. The number of nitrogens with one attached hydrogen (secondary N) is 1. The number of hydrogen-bond acceptors (Lipinski definition) is 6. The zero-order valence-corrected chi connectivity index (χ0v) is 17.9. The molecule has 1 heterocycles. The molecule has 0 saturated heterocycles. The fraction of sp³-hybridized carbons (Fsp3) is 0.273. The van der Waals surface area contributed by atoms with Gasteiger partial charge in [-0.25, -0.2) is 19.0 Å². The van der Waals surface area contributed by atoms with E-state index in [0.717, 1.165) is 5.56 Å². The van der Waals surface area contributed by atoms with Gasteiger partial charge < -0.3 is 27.0 Å². The molecule has 2 aromatic rings. The predicted octanol–water partition coefficient (Wildman–Crippen LogP) is 0.455. The number of aliphatic imine (C=N–C) groups is 1. The Labute approximate surface area is 185 Å². The topological polar surface area (TPSA) is 155 Å². The number of rotatable bonds is 8. The van der Waals surface area contributed by atoms with Crippen molar-refractivity contribution in [3.63, 3.8) is 0 Å². The van der Waals surface area contributed by atoms with Crippen molar-refractivity contribution in [1.82, 2.24) is 15.1 Å². The number of allylic oxidation sites excluding steroid dienone is 3. The van der Waals surface area contributed by atoms with Gasteiger partial charge in [-0.3, -0.25) is 0 Å². The molecule has 0 radical (unpaired) electrons. The zero-order chi connectivity index (χ0) is 23.1. The van der Waals surface area contributed by atoms with Crippen LogP contribution in [0.15, 0.2) is 59.4 Å². The Bertz CT molecular complexity index is 1090. The van der Waals surface area contributed by atoms with Crippen molar-refractivity contribution in [2.24, 2.45) is 10.7 Å². The lowest BCUT2D eigenvalue weighted by atomic mass is 10.1. The molecule has 0 spiro atoms. The van der Waals surface area contributed by atoms with Crippen LogP contribution in [-0.2, 0) is 6.54 Å². The molecule has 0 unspecified atom stereocenters. The fourth-order valence-electron chi connectivity index (χ4n) is 3.26. The van der Waals surface area contributed by atoms with Crippen molar-refractivity contribution in [2.45, 2.75) is 13.5 Å². The van der Waals surface area contributed by atoms with Crippen molar-refractivity contribution < 1.29 is 19.6 Å². The van der Waals surface area contributed by atoms with Gasteiger partial charge in [-0.1, -0.05) is 29.8 Å². The number of anilines is 1. The van der Waals surface area contributed by atoms with Crippen LogP contribution in [0.4, 0.5) is 16.3 Å². The predicted molar refractivity (Wildman–Crippen MR) is 123 cm³/mol. The monoisotopic (exact) mass is 438 g/mol. The molecule has 10 nitrogen and oxygen atoms in total. The maximum atomic E-state index is 11.5. The highest BCUT2D eigenvalue weighted by molar-refractivity contribution is 6.21. The Morgan fingerprint density at radius 1 is 1.19 bits per heavy atom. The van der Waals surface area contributed by atoms with Crippen LogP contribution in [0.2, 0.25) is 0 Å². The first-order chi connectivity index (χ1) is 15.4. The number of urea groups is 1. The largest absolute Gasteiger partial charge is 0.390 e. The first-order valence-electron chi connectivity index (χ1n) is 10.2. The molecule has 0 aliphatic heterocycles. The van der Waals surface area contributed by atoms with Crippen molar-refractivity contribution in [2.75, 3.05) is 32.0 Å². The molecule has 7 N–H and O–H groups in total. The lowest BCUT2D eigenvalue weighted by Gasteiger charge is -2.13. The summed E-state index contributed by atoms with van der Waals surface area (Å²) in [5, 5.41) is 25.5. The van der Waals surface area contributed by atoms with Gasteiger partial charge in [-0.2, -0.15) is 5.10 Å². The maximum Gasteiger partial charge on any atom is 0.316 e. The number of nitrogens with zero attached hydrogens (tertiary/aromatic N) is 4. The van der Waals surface area contributed by atoms with Gasteiger partial charge in [0.25, 0.3) is 0 Å². The van der Waals surface area contributed by atoms with Gasteiger partial charge in [0.15, 0.2) is 13.1 Å². The number of aromatic nitrogens is 2. The zero-order valence-electron chi connectivity index (χ0n) is 17.9. The van der Waals surface area contributed by atoms with E-state index in [1.165, 1.54) is 5.56 Å². The fourth-order valence-corrected chi connectivity index (χ4v) is 3.26. The summed E-state index contributed by atoms with van der Waals surface area (Å²) in [5.41, 5.74) is 15.8. The van der Waals surface area contributed by atoms with E-state index in [4.69, 9.17) is 11.5 Å². The van der Waals surface area contributed by atoms with E-state index in [2.05, 4.69) is 15.4 Å². The quantitative estimate of drug-likeness (QED) is 0.299. The third-order valence-electron chi connectivity index (χ3n) is 4.90. The molecule has 2 amide bonds. The first kappa shape index (κ1) is 22.9. The average Bonchev–Trinajstić information content (AvgIpc) is 3.09. The number of primary amides is 1. The van der Waals surface area contributed by atoms with Crippen molar-refractivity contribution in [1.29, 1.82) is 0 Å². The van der Waals surface area contributed by atoms with Gasteiger partial charge in [0.2, 0.25) is 5.71 Å². The summed E-state index contributed by atoms with van der Waals surface area (Å²) in [7, 11) is 0. The highest BCUT2D eigenvalue weighted by Gasteiger charge is 2.19. The number of carbonyl (C=O) groups is 1. The highest BCUT2D eigenvalue weighted by atomic mass is 16.3. The summed E-state index contributed by atoms with van der Waals surface area (Å²) in [5.74, 6) is 0.391. The third kappa shape index (κ3) is 5.68. The Hall–Kier alpha value is -3.76. The number of carbonyl (C=O) groups excluding carboxylic acids is 1. The van der Waals surface area contributed by atoms with Crippen LogP contribution in [0.3, 0.4) is 0 Å². The number of nitrogen functional groups attached to an aromatic ring is 1. The molecule has 0 atom stereocenters. The molecule has 1 aromatic heterocycles. The van der Waals surface area contributed by atoms with E-state index in [0.29, 0.717) is 48.3 Å². The van der Waals surface area contributed by atoms with Crippen LogP contribution in [0, 0.1) is 6.92 Å². The Morgan fingerprint density at radius 3 is 2.50 bits per heavy atom. The number of amides is 2. The third-order valence-corrected chi connectivity index (χ3v) is 4.90. The van der Waals surface area contributed by atoms with Gasteiger partial charge in [0.1, 0.15) is 24.7 Å². The van der Waals surface area contributed by atoms with Gasteiger partial charge in [0.05, 0.1) is 24.2 Å². The minimum Gasteiger partial charge on any atom is -0.390 e. The summed E-state index contributed by atoms with van der Waals surface area (Å²) in [4.78, 5) is 16.1. The normalized spacial score (nSPS) is 14.5. The van der Waals surface area contributed by atoms with E-state index in [1.807, 2.05) is 31.2 Å². The van der Waals surface area contributed by atoms with Gasteiger partial charge >= 0.3 is 6.03 Å². The summed E-state index contributed by atoms with van der Waals surface area (Å²) in [6.45, 7) is 3.02. The van der Waals surface area contributed by atoms with Crippen molar-refractivity contribution >= 4 is 29.0 Å². The van der Waals surface area contributed by atoms with E-state index in [1.54, 1.807) is 33.7 Å². The second-order valence-electron chi connectivity index (χ2n) is 7.30. The van der Waals surface area contributed by atoms with Crippen LogP contribution in [-0.4, -0.2) is 68.3 Å². The number of aliphatic hydroxyl groups is 2. The van der Waals surface area contributed by atoms with Crippen LogP contribution in [0.1, 0.15) is 11.1 Å². The molecule has 3 rings (SSSR count). The molecule has 1 aliphatic rings. The van der Waals surface area contributed by atoms with Gasteiger partial charge in [-0.05, 0) is 18.6 Å². The minimum atomic E-state index is -0.738. The number of nitrogens with two attached hydrogens (primary N) is 2. The smallest absolute Gasteiger partial charge is 0.316 e. The lowest BCUT2D eigenvalue weighted by Crippen LogP contribution is -2.35. The first-order valence-corrected chi connectivity index (χ1v) is 10.2.